The lowest BCUT2D eigenvalue weighted by atomic mass is 10.0. The van der Waals surface area contributed by atoms with Crippen LogP contribution in [0, 0.1) is 11.8 Å². The molecule has 0 aromatic heterocycles. The Kier molecular flexibility index (Phi) is 14.8. The minimum atomic E-state index is 0. The smallest absolute Gasteiger partial charge is 0.191 e. The molecule has 0 aromatic carbocycles. The molecule has 26 heavy (non-hydrogen) atoms. The fraction of sp³-hybridized carbons (Fsp3) is 0.947. The maximum absolute atomic E-state index is 5.65. The third kappa shape index (κ3) is 10.9. The van der Waals surface area contributed by atoms with E-state index < -0.39 is 0 Å². The van der Waals surface area contributed by atoms with E-state index in [9.17, 15) is 0 Å². The number of hydrogen-bond acceptors (Lipinski definition) is 4. The molecule has 1 atom stereocenters. The highest BCUT2D eigenvalue weighted by atomic mass is 127. The fourth-order valence-electron chi connectivity index (χ4n) is 3.02. The van der Waals surface area contributed by atoms with Gasteiger partial charge in [0.1, 0.15) is 0 Å². The van der Waals surface area contributed by atoms with Crippen LogP contribution in [0.5, 0.6) is 0 Å². The summed E-state index contributed by atoms with van der Waals surface area (Å²) in [4.78, 5) is 9.35. The summed E-state index contributed by atoms with van der Waals surface area (Å²) in [5, 5.41) is 6.85. The quantitative estimate of drug-likeness (QED) is 0.216. The number of nitrogens with zero attached hydrogens (tertiary/aromatic N) is 3. The number of hydrogen-bond donors (Lipinski definition) is 2. The molecular formula is C19H42IN5O. The second-order valence-corrected chi connectivity index (χ2v) is 7.83. The summed E-state index contributed by atoms with van der Waals surface area (Å²) in [6, 6.07) is 0.537. The lowest BCUT2D eigenvalue weighted by Gasteiger charge is -2.40. The molecule has 6 nitrogen and oxygen atoms in total. The molecule has 0 aliphatic carbocycles. The van der Waals surface area contributed by atoms with E-state index in [0.717, 1.165) is 64.9 Å². The van der Waals surface area contributed by atoms with E-state index in [0.29, 0.717) is 17.9 Å². The van der Waals surface area contributed by atoms with E-state index >= 15 is 0 Å². The number of ether oxygens (including phenoxy) is 1. The molecule has 1 heterocycles. The molecule has 1 aliphatic rings. The molecule has 7 heteroatoms. The van der Waals surface area contributed by atoms with Crippen LogP contribution in [0.25, 0.3) is 0 Å². The Hall–Kier alpha value is -0.120. The van der Waals surface area contributed by atoms with Gasteiger partial charge < -0.3 is 20.3 Å². The standard InChI is InChI=1S/C19H41N5O.HI/c1-16(2)7-13-25-14-8-21-19(20-5)22-15-18(17(3)4)24-11-9-23(6)10-12-24;/h16-18H,7-15H2,1-6H3,(H2,20,21,22);1H. The minimum absolute atomic E-state index is 0. The monoisotopic (exact) mass is 483 g/mol. The van der Waals surface area contributed by atoms with Gasteiger partial charge in [-0.25, -0.2) is 0 Å². The van der Waals surface area contributed by atoms with Gasteiger partial charge in [-0.15, -0.1) is 24.0 Å². The van der Waals surface area contributed by atoms with Gasteiger partial charge in [0.15, 0.2) is 5.96 Å². The average Bonchev–Trinajstić information content (AvgIpc) is 2.57. The minimum Gasteiger partial charge on any atom is -0.380 e. The van der Waals surface area contributed by atoms with Crippen LogP contribution in [0.4, 0.5) is 0 Å². The van der Waals surface area contributed by atoms with Gasteiger partial charge in [-0.3, -0.25) is 9.89 Å². The summed E-state index contributed by atoms with van der Waals surface area (Å²) >= 11 is 0. The van der Waals surface area contributed by atoms with Crippen molar-refractivity contribution in [2.45, 2.75) is 40.2 Å². The molecule has 1 rings (SSSR count). The lowest BCUT2D eigenvalue weighted by molar-refractivity contribution is 0.0899. The van der Waals surface area contributed by atoms with Crippen LogP contribution in [-0.2, 0) is 4.74 Å². The van der Waals surface area contributed by atoms with Crippen molar-refractivity contribution in [1.82, 2.24) is 20.4 Å². The molecule has 1 aliphatic heterocycles. The normalized spacial score (nSPS) is 18.1. The van der Waals surface area contributed by atoms with Crippen molar-refractivity contribution >= 4 is 29.9 Å². The molecular weight excluding hydrogens is 441 g/mol. The van der Waals surface area contributed by atoms with Crippen LogP contribution in [-0.4, -0.2) is 88.4 Å². The largest absolute Gasteiger partial charge is 0.380 e. The first-order chi connectivity index (χ1) is 11.9. The van der Waals surface area contributed by atoms with Gasteiger partial charge in [-0.2, -0.15) is 0 Å². The maximum atomic E-state index is 5.65. The molecule has 0 saturated carbocycles. The summed E-state index contributed by atoms with van der Waals surface area (Å²) < 4.78 is 5.65. The second kappa shape index (κ2) is 14.9. The first-order valence-electron chi connectivity index (χ1n) is 9.88. The fourth-order valence-corrected chi connectivity index (χ4v) is 3.02. The van der Waals surface area contributed by atoms with Crippen molar-refractivity contribution < 1.29 is 4.74 Å². The Bertz CT molecular complexity index is 371. The molecule has 0 bridgehead atoms. The average molecular weight is 483 g/mol. The van der Waals surface area contributed by atoms with Crippen LogP contribution in [0.2, 0.25) is 0 Å². The number of halogens is 1. The number of nitrogens with one attached hydrogen (secondary N) is 2. The molecule has 0 spiro atoms. The van der Waals surface area contributed by atoms with E-state index in [1.54, 1.807) is 0 Å². The molecule has 156 valence electrons. The van der Waals surface area contributed by atoms with Crippen molar-refractivity contribution in [1.29, 1.82) is 0 Å². The topological polar surface area (TPSA) is 52.1 Å². The van der Waals surface area contributed by atoms with Gasteiger partial charge in [0, 0.05) is 59.0 Å². The van der Waals surface area contributed by atoms with E-state index in [-0.39, 0.29) is 24.0 Å². The molecule has 2 N–H and O–H groups in total. The number of piperazine rings is 1. The Morgan fingerprint density at radius 3 is 2.23 bits per heavy atom. The predicted molar refractivity (Wildman–Crippen MR) is 123 cm³/mol. The van der Waals surface area contributed by atoms with Crippen molar-refractivity contribution in [3.05, 3.63) is 0 Å². The first kappa shape index (κ1) is 25.9. The molecule has 0 radical (unpaired) electrons. The zero-order valence-electron chi connectivity index (χ0n) is 17.8. The van der Waals surface area contributed by atoms with Gasteiger partial charge in [-0.05, 0) is 25.3 Å². The predicted octanol–water partition coefficient (Wildman–Crippen LogP) is 2.10. The van der Waals surface area contributed by atoms with Gasteiger partial charge in [-0.1, -0.05) is 27.7 Å². The van der Waals surface area contributed by atoms with Gasteiger partial charge in [0.05, 0.1) is 6.61 Å². The van der Waals surface area contributed by atoms with Crippen molar-refractivity contribution in [3.8, 4) is 0 Å². The van der Waals surface area contributed by atoms with Crippen LogP contribution >= 0.6 is 24.0 Å². The van der Waals surface area contributed by atoms with E-state index in [1.165, 1.54) is 0 Å². The van der Waals surface area contributed by atoms with Crippen molar-refractivity contribution in [2.24, 2.45) is 16.8 Å². The van der Waals surface area contributed by atoms with Crippen molar-refractivity contribution in [2.75, 3.05) is 66.6 Å². The Labute approximate surface area is 178 Å². The maximum Gasteiger partial charge on any atom is 0.191 e. The Morgan fingerprint density at radius 2 is 1.69 bits per heavy atom. The van der Waals surface area contributed by atoms with Crippen LogP contribution in [0.3, 0.4) is 0 Å². The Morgan fingerprint density at radius 1 is 1.04 bits per heavy atom. The van der Waals surface area contributed by atoms with Crippen LogP contribution in [0.15, 0.2) is 4.99 Å². The number of aliphatic imine (C=N–C) groups is 1. The zero-order valence-corrected chi connectivity index (χ0v) is 20.1. The number of rotatable bonds is 10. The SMILES string of the molecule is CN=C(NCCOCCC(C)C)NCC(C(C)C)N1CCN(C)CC1.I. The van der Waals surface area contributed by atoms with E-state index in [1.807, 2.05) is 7.05 Å². The molecule has 1 saturated heterocycles. The van der Waals surface area contributed by atoms with Gasteiger partial charge in [0.25, 0.3) is 0 Å². The third-order valence-corrected chi connectivity index (χ3v) is 4.86. The zero-order chi connectivity index (χ0) is 18.7. The second-order valence-electron chi connectivity index (χ2n) is 7.83. The summed E-state index contributed by atoms with van der Waals surface area (Å²) in [6.07, 6.45) is 1.12. The van der Waals surface area contributed by atoms with Crippen LogP contribution < -0.4 is 10.6 Å². The molecule has 1 fully saturated rings. The first-order valence-corrected chi connectivity index (χ1v) is 9.88. The molecule has 1 unspecified atom stereocenters. The number of guanidine groups is 1. The molecule has 0 amide bonds. The lowest BCUT2D eigenvalue weighted by Crippen LogP contribution is -2.55. The summed E-state index contributed by atoms with van der Waals surface area (Å²) in [6.45, 7) is 16.9. The van der Waals surface area contributed by atoms with Crippen molar-refractivity contribution in [3.63, 3.8) is 0 Å². The van der Waals surface area contributed by atoms with Gasteiger partial charge >= 0.3 is 0 Å². The van der Waals surface area contributed by atoms with Gasteiger partial charge in [0.2, 0.25) is 0 Å². The van der Waals surface area contributed by atoms with E-state index in [2.05, 4.69) is 60.2 Å². The highest BCUT2D eigenvalue weighted by Crippen LogP contribution is 2.12. The summed E-state index contributed by atoms with van der Waals surface area (Å²) in [5.74, 6) is 2.19. The molecule has 0 aromatic rings. The van der Waals surface area contributed by atoms with E-state index in [4.69, 9.17) is 4.74 Å². The Balaban J connectivity index is 0.00000625. The summed E-state index contributed by atoms with van der Waals surface area (Å²) in [7, 11) is 4.03. The number of likely N-dealkylation sites (N-methyl/N-ethyl adjacent to an activating group) is 1. The third-order valence-electron chi connectivity index (χ3n) is 4.86. The highest BCUT2D eigenvalue weighted by molar-refractivity contribution is 14.0. The van der Waals surface area contributed by atoms with Crippen LogP contribution in [0.1, 0.15) is 34.1 Å². The highest BCUT2D eigenvalue weighted by Gasteiger charge is 2.24. The summed E-state index contributed by atoms with van der Waals surface area (Å²) in [5.41, 5.74) is 0.